The molecule has 8 nitrogen and oxygen atoms in total. The van der Waals surface area contributed by atoms with Crippen molar-refractivity contribution in [2.75, 3.05) is 11.9 Å². The summed E-state index contributed by atoms with van der Waals surface area (Å²) >= 11 is 0. The van der Waals surface area contributed by atoms with Crippen molar-refractivity contribution in [2.45, 2.75) is 12.6 Å². The zero-order valence-corrected chi connectivity index (χ0v) is 20.0. The third kappa shape index (κ3) is 5.70. The van der Waals surface area contributed by atoms with Crippen LogP contribution in [0.25, 0.3) is 11.0 Å². The number of aromatic amines is 2. The first-order valence-electron chi connectivity index (χ1n) is 11.8. The van der Waals surface area contributed by atoms with Crippen LogP contribution in [0.2, 0.25) is 0 Å². The Kier molecular flexibility index (Phi) is 7.12. The molecule has 0 saturated carbocycles. The summed E-state index contributed by atoms with van der Waals surface area (Å²) < 4.78 is 32.8. The molecule has 2 aromatic heterocycles. The number of carbonyl (C=O) groups is 1. The minimum atomic E-state index is -0.979. The summed E-state index contributed by atoms with van der Waals surface area (Å²) in [4.78, 5) is 34.3. The predicted molar refractivity (Wildman–Crippen MR) is 139 cm³/mol. The van der Waals surface area contributed by atoms with E-state index in [0.29, 0.717) is 28.2 Å². The molecule has 5 aromatic rings. The second-order valence-corrected chi connectivity index (χ2v) is 8.54. The number of fused-ring (bicyclic) bond motifs is 1. The van der Waals surface area contributed by atoms with Gasteiger partial charge in [0, 0.05) is 18.8 Å². The maximum atomic E-state index is 13.5. The van der Waals surface area contributed by atoms with Gasteiger partial charge in [-0.3, -0.25) is 4.79 Å². The van der Waals surface area contributed by atoms with Crippen LogP contribution in [-0.4, -0.2) is 27.5 Å². The lowest BCUT2D eigenvalue weighted by atomic mass is 10.1. The highest BCUT2D eigenvalue weighted by Gasteiger charge is 2.19. The minimum Gasteiger partial charge on any atom is -0.491 e. The molecular formula is C28H23F2N5O3. The van der Waals surface area contributed by atoms with Crippen LogP contribution in [0.15, 0.2) is 89.9 Å². The van der Waals surface area contributed by atoms with Gasteiger partial charge in [-0.25, -0.2) is 18.6 Å². The normalized spacial score (nSPS) is 11.7. The fraction of sp³-hybridized carbons (Fsp3) is 0.107. The van der Waals surface area contributed by atoms with E-state index in [9.17, 15) is 18.4 Å². The largest absolute Gasteiger partial charge is 0.491 e. The third-order valence-electron chi connectivity index (χ3n) is 5.91. The smallest absolute Gasteiger partial charge is 0.323 e. The molecule has 0 fully saturated rings. The second kappa shape index (κ2) is 11.0. The number of nitrogens with zero attached hydrogens (tertiary/aromatic N) is 1. The number of aromatic nitrogens is 3. The van der Waals surface area contributed by atoms with E-state index < -0.39 is 17.5 Å². The monoisotopic (exact) mass is 515 g/mol. The zero-order chi connectivity index (χ0) is 26.5. The molecule has 10 heteroatoms. The van der Waals surface area contributed by atoms with Gasteiger partial charge in [0.05, 0.1) is 22.6 Å². The lowest BCUT2D eigenvalue weighted by Gasteiger charge is -2.22. The van der Waals surface area contributed by atoms with Gasteiger partial charge < -0.3 is 25.3 Å². The van der Waals surface area contributed by atoms with Gasteiger partial charge in [0.2, 0.25) is 0 Å². The molecular weight excluding hydrogens is 492 g/mol. The first kappa shape index (κ1) is 24.7. The van der Waals surface area contributed by atoms with E-state index in [4.69, 9.17) is 4.74 Å². The van der Waals surface area contributed by atoms with Gasteiger partial charge in [0.15, 0.2) is 11.6 Å². The molecule has 0 aliphatic rings. The molecule has 0 aliphatic heterocycles. The fourth-order valence-electron chi connectivity index (χ4n) is 3.98. The van der Waals surface area contributed by atoms with Crippen molar-refractivity contribution in [3.05, 3.63) is 124 Å². The molecule has 0 spiro atoms. The van der Waals surface area contributed by atoms with E-state index in [2.05, 4.69) is 25.6 Å². The number of amides is 1. The van der Waals surface area contributed by atoms with Crippen LogP contribution in [-0.2, 0) is 6.54 Å². The predicted octanol–water partition coefficient (Wildman–Crippen LogP) is 4.69. The molecule has 192 valence electrons. The number of rotatable bonds is 9. The molecule has 1 unspecified atom stereocenters. The quantitative estimate of drug-likeness (QED) is 0.228. The number of hydrogen-bond donors (Lipinski definition) is 4. The SMILES string of the molecule is O=C(NCc1ccc(F)c(F)c1)c1cccnc1NC(COc1ccc2[nH]c(=O)[nH]c2c1)c1ccccc1. The summed E-state index contributed by atoms with van der Waals surface area (Å²) in [5.74, 6) is -1.47. The molecule has 1 amide bonds. The van der Waals surface area contributed by atoms with Crippen molar-refractivity contribution >= 4 is 22.8 Å². The number of ether oxygens (including phenoxy) is 1. The van der Waals surface area contributed by atoms with Crippen molar-refractivity contribution in [2.24, 2.45) is 0 Å². The summed E-state index contributed by atoms with van der Waals surface area (Å²) in [7, 11) is 0. The molecule has 1 atom stereocenters. The summed E-state index contributed by atoms with van der Waals surface area (Å²) in [5, 5.41) is 6.02. The van der Waals surface area contributed by atoms with E-state index in [0.717, 1.165) is 17.7 Å². The average molecular weight is 516 g/mol. The van der Waals surface area contributed by atoms with Gasteiger partial charge in [-0.15, -0.1) is 0 Å². The standard InChI is InChI=1S/C28H23F2N5O3/c29-21-10-8-17(13-22(21)30)15-32-27(36)20-7-4-12-31-26(20)33-25(18-5-2-1-3-6-18)16-38-19-9-11-23-24(14-19)35-28(37)34-23/h1-14,25H,15-16H2,(H,31,33)(H,32,36)(H2,34,35,37). The maximum Gasteiger partial charge on any atom is 0.323 e. The van der Waals surface area contributed by atoms with Crippen LogP contribution < -0.4 is 21.1 Å². The Bertz CT molecular complexity index is 1630. The van der Waals surface area contributed by atoms with Crippen LogP contribution in [0, 0.1) is 11.6 Å². The Hall–Kier alpha value is -4.99. The van der Waals surface area contributed by atoms with Gasteiger partial charge in [0.25, 0.3) is 5.91 Å². The van der Waals surface area contributed by atoms with E-state index in [1.54, 1.807) is 36.5 Å². The highest BCUT2D eigenvalue weighted by atomic mass is 19.2. The van der Waals surface area contributed by atoms with Crippen molar-refractivity contribution in [1.82, 2.24) is 20.3 Å². The minimum absolute atomic E-state index is 0.0132. The Morgan fingerprint density at radius 2 is 1.74 bits per heavy atom. The average Bonchev–Trinajstić information content (AvgIpc) is 3.31. The third-order valence-corrected chi connectivity index (χ3v) is 5.91. The summed E-state index contributed by atoms with van der Waals surface area (Å²) in [6.07, 6.45) is 1.56. The first-order valence-corrected chi connectivity index (χ1v) is 11.8. The van der Waals surface area contributed by atoms with Crippen molar-refractivity contribution in [3.63, 3.8) is 0 Å². The lowest BCUT2D eigenvalue weighted by Crippen LogP contribution is -2.26. The topological polar surface area (TPSA) is 112 Å². The molecule has 0 saturated heterocycles. The number of imidazole rings is 1. The van der Waals surface area contributed by atoms with Crippen molar-refractivity contribution in [1.29, 1.82) is 0 Å². The Morgan fingerprint density at radius 1 is 0.921 bits per heavy atom. The molecule has 4 N–H and O–H groups in total. The highest BCUT2D eigenvalue weighted by molar-refractivity contribution is 5.98. The number of carbonyl (C=O) groups excluding carboxylic acids is 1. The number of anilines is 1. The van der Waals surface area contributed by atoms with E-state index in [1.165, 1.54) is 6.07 Å². The molecule has 0 radical (unpaired) electrons. The van der Waals surface area contributed by atoms with Crippen LogP contribution in [0.3, 0.4) is 0 Å². The van der Waals surface area contributed by atoms with E-state index >= 15 is 0 Å². The molecule has 3 aromatic carbocycles. The Labute approximate surface area is 215 Å². The zero-order valence-electron chi connectivity index (χ0n) is 20.0. The number of hydrogen-bond acceptors (Lipinski definition) is 5. The molecule has 0 bridgehead atoms. The van der Waals surface area contributed by atoms with E-state index in [1.807, 2.05) is 30.3 Å². The number of benzene rings is 3. The van der Waals surface area contributed by atoms with Gasteiger partial charge in [-0.1, -0.05) is 36.4 Å². The summed E-state index contributed by atoms with van der Waals surface area (Å²) in [6.45, 7) is 0.204. The number of halogens is 2. The van der Waals surface area contributed by atoms with Gasteiger partial charge in [-0.05, 0) is 47.5 Å². The van der Waals surface area contributed by atoms with E-state index in [-0.39, 0.29) is 30.4 Å². The first-order chi connectivity index (χ1) is 18.5. The Morgan fingerprint density at radius 3 is 2.55 bits per heavy atom. The molecule has 38 heavy (non-hydrogen) atoms. The highest BCUT2D eigenvalue weighted by Crippen LogP contribution is 2.24. The fourth-order valence-corrected chi connectivity index (χ4v) is 3.98. The lowest BCUT2D eigenvalue weighted by molar-refractivity contribution is 0.0951. The molecule has 5 rings (SSSR count). The van der Waals surface area contributed by atoms with Crippen LogP contribution in [0.1, 0.15) is 27.5 Å². The maximum absolute atomic E-state index is 13.5. The molecule has 0 aliphatic carbocycles. The van der Waals surface area contributed by atoms with Gasteiger partial charge >= 0.3 is 5.69 Å². The van der Waals surface area contributed by atoms with Crippen LogP contribution >= 0.6 is 0 Å². The Balaban J connectivity index is 1.33. The van der Waals surface area contributed by atoms with Crippen molar-refractivity contribution < 1.29 is 18.3 Å². The van der Waals surface area contributed by atoms with Crippen LogP contribution in [0.5, 0.6) is 5.75 Å². The van der Waals surface area contributed by atoms with Gasteiger partial charge in [0.1, 0.15) is 18.2 Å². The number of nitrogens with one attached hydrogen (secondary N) is 4. The van der Waals surface area contributed by atoms with Gasteiger partial charge in [-0.2, -0.15) is 0 Å². The summed E-state index contributed by atoms with van der Waals surface area (Å²) in [5.41, 5.74) is 2.61. The molecule has 2 heterocycles. The summed E-state index contributed by atoms with van der Waals surface area (Å²) in [6, 6.07) is 21.1. The van der Waals surface area contributed by atoms with Crippen molar-refractivity contribution in [3.8, 4) is 5.75 Å². The number of H-pyrrole nitrogens is 2. The van der Waals surface area contributed by atoms with Crippen LogP contribution in [0.4, 0.5) is 14.6 Å². The number of pyridine rings is 1. The second-order valence-electron chi connectivity index (χ2n) is 8.54.